The minimum Gasteiger partial charge on any atom is -0.378 e. The molecule has 0 spiro atoms. The lowest BCUT2D eigenvalue weighted by Crippen LogP contribution is -2.17. The highest BCUT2D eigenvalue weighted by Crippen LogP contribution is 2.26. The van der Waals surface area contributed by atoms with Crippen LogP contribution in [0, 0.1) is 5.92 Å². The molecule has 0 heterocycles. The van der Waals surface area contributed by atoms with Crippen LogP contribution in [0.5, 0.6) is 0 Å². The first kappa shape index (κ1) is 16.4. The standard InChI is InChI=1S/C18H21ClN2O/c1-12(2)18(22)21-15-10-8-14(9-11-15)20-13(3)16-6-4-5-7-17(16)19/h4-13,20H,1-3H3,(H,21,22). The van der Waals surface area contributed by atoms with Crippen molar-refractivity contribution in [2.24, 2.45) is 5.92 Å². The first-order valence-electron chi connectivity index (χ1n) is 7.39. The van der Waals surface area contributed by atoms with Crippen LogP contribution in [-0.2, 0) is 4.79 Å². The number of hydrogen-bond acceptors (Lipinski definition) is 2. The predicted octanol–water partition coefficient (Wildman–Crippen LogP) is 5.11. The Morgan fingerprint density at radius 2 is 1.55 bits per heavy atom. The van der Waals surface area contributed by atoms with E-state index < -0.39 is 0 Å². The zero-order chi connectivity index (χ0) is 16.1. The fourth-order valence-corrected chi connectivity index (χ4v) is 2.39. The van der Waals surface area contributed by atoms with Crippen LogP contribution in [-0.4, -0.2) is 5.91 Å². The van der Waals surface area contributed by atoms with Gasteiger partial charge in [0.05, 0.1) is 0 Å². The molecule has 0 aliphatic rings. The minimum absolute atomic E-state index is 0.0187. The number of hydrogen-bond donors (Lipinski definition) is 2. The number of halogens is 1. The molecule has 0 aliphatic heterocycles. The lowest BCUT2D eigenvalue weighted by Gasteiger charge is -2.17. The Morgan fingerprint density at radius 3 is 2.14 bits per heavy atom. The van der Waals surface area contributed by atoms with Crippen LogP contribution in [0.1, 0.15) is 32.4 Å². The lowest BCUT2D eigenvalue weighted by molar-refractivity contribution is -0.118. The Hall–Kier alpha value is -2.00. The Bertz CT molecular complexity index is 638. The zero-order valence-electron chi connectivity index (χ0n) is 13.1. The summed E-state index contributed by atoms with van der Waals surface area (Å²) in [7, 11) is 0. The van der Waals surface area contributed by atoms with E-state index in [1.54, 1.807) is 0 Å². The summed E-state index contributed by atoms with van der Waals surface area (Å²) in [5.74, 6) is -0.0109. The van der Waals surface area contributed by atoms with Gasteiger partial charge in [0.1, 0.15) is 0 Å². The summed E-state index contributed by atoms with van der Waals surface area (Å²) in [6, 6.07) is 15.6. The van der Waals surface area contributed by atoms with Crippen molar-refractivity contribution >= 4 is 28.9 Å². The van der Waals surface area contributed by atoms with Gasteiger partial charge in [-0.2, -0.15) is 0 Å². The quantitative estimate of drug-likeness (QED) is 0.805. The summed E-state index contributed by atoms with van der Waals surface area (Å²) in [5.41, 5.74) is 2.84. The molecule has 0 bridgehead atoms. The van der Waals surface area contributed by atoms with Crippen LogP contribution in [0.3, 0.4) is 0 Å². The van der Waals surface area contributed by atoms with Crippen LogP contribution in [0.2, 0.25) is 5.02 Å². The number of rotatable bonds is 5. The third kappa shape index (κ3) is 4.25. The van der Waals surface area contributed by atoms with Gasteiger partial charge in [0.2, 0.25) is 5.91 Å². The number of carbonyl (C=O) groups is 1. The van der Waals surface area contributed by atoms with E-state index in [-0.39, 0.29) is 17.9 Å². The highest BCUT2D eigenvalue weighted by molar-refractivity contribution is 6.31. The van der Waals surface area contributed by atoms with Crippen LogP contribution < -0.4 is 10.6 Å². The number of carbonyl (C=O) groups excluding carboxylic acids is 1. The van der Waals surface area contributed by atoms with Gasteiger partial charge in [0.25, 0.3) is 0 Å². The largest absolute Gasteiger partial charge is 0.378 e. The molecular formula is C18H21ClN2O. The second-order valence-corrected chi connectivity index (χ2v) is 6.02. The molecule has 0 radical (unpaired) electrons. The average Bonchev–Trinajstić information content (AvgIpc) is 2.49. The van der Waals surface area contributed by atoms with Crippen LogP contribution in [0.25, 0.3) is 0 Å². The van der Waals surface area contributed by atoms with Crippen LogP contribution in [0.4, 0.5) is 11.4 Å². The van der Waals surface area contributed by atoms with Gasteiger partial charge in [-0.15, -0.1) is 0 Å². The molecule has 1 amide bonds. The number of benzene rings is 2. The van der Waals surface area contributed by atoms with E-state index in [1.165, 1.54) is 0 Å². The van der Waals surface area contributed by atoms with E-state index in [9.17, 15) is 4.79 Å². The van der Waals surface area contributed by atoms with Crippen molar-refractivity contribution in [3.63, 3.8) is 0 Å². The van der Waals surface area contributed by atoms with Gasteiger partial charge in [-0.25, -0.2) is 0 Å². The zero-order valence-corrected chi connectivity index (χ0v) is 13.8. The highest BCUT2D eigenvalue weighted by atomic mass is 35.5. The third-order valence-corrected chi connectivity index (χ3v) is 3.78. The van der Waals surface area contributed by atoms with E-state index in [0.29, 0.717) is 0 Å². The number of anilines is 2. The maximum absolute atomic E-state index is 11.7. The van der Waals surface area contributed by atoms with Crippen molar-refractivity contribution in [2.75, 3.05) is 10.6 Å². The molecule has 0 aliphatic carbocycles. The molecule has 0 aromatic heterocycles. The van der Waals surface area contributed by atoms with Gasteiger partial charge in [-0.05, 0) is 42.8 Å². The average molecular weight is 317 g/mol. The molecule has 1 atom stereocenters. The number of nitrogens with one attached hydrogen (secondary N) is 2. The molecule has 2 rings (SSSR count). The first-order valence-corrected chi connectivity index (χ1v) is 7.77. The van der Waals surface area contributed by atoms with E-state index >= 15 is 0 Å². The topological polar surface area (TPSA) is 41.1 Å². The second-order valence-electron chi connectivity index (χ2n) is 5.61. The van der Waals surface area contributed by atoms with Crippen molar-refractivity contribution in [1.82, 2.24) is 0 Å². The summed E-state index contributed by atoms with van der Waals surface area (Å²) in [6.45, 7) is 5.81. The number of amides is 1. The van der Waals surface area contributed by atoms with E-state index in [4.69, 9.17) is 11.6 Å². The molecule has 0 fully saturated rings. The fraction of sp³-hybridized carbons (Fsp3) is 0.278. The summed E-state index contributed by atoms with van der Waals surface area (Å²) in [5, 5.41) is 7.03. The van der Waals surface area contributed by atoms with Crippen LogP contribution >= 0.6 is 11.6 Å². The molecule has 1 unspecified atom stereocenters. The Labute approximate surface area is 136 Å². The monoisotopic (exact) mass is 316 g/mol. The summed E-state index contributed by atoms with van der Waals surface area (Å²) < 4.78 is 0. The minimum atomic E-state index is -0.0296. The molecule has 2 N–H and O–H groups in total. The van der Waals surface area contributed by atoms with Crippen molar-refractivity contribution in [3.05, 3.63) is 59.1 Å². The van der Waals surface area contributed by atoms with Gasteiger partial charge in [0.15, 0.2) is 0 Å². The van der Waals surface area contributed by atoms with E-state index in [2.05, 4.69) is 17.6 Å². The third-order valence-electron chi connectivity index (χ3n) is 3.43. The molecule has 3 nitrogen and oxygen atoms in total. The first-order chi connectivity index (χ1) is 10.5. The molecule has 4 heteroatoms. The van der Waals surface area contributed by atoms with Gasteiger partial charge in [0, 0.05) is 28.4 Å². The van der Waals surface area contributed by atoms with Gasteiger partial charge in [-0.3, -0.25) is 4.79 Å². The molecule has 0 saturated heterocycles. The SMILES string of the molecule is CC(C)C(=O)Nc1ccc(NC(C)c2ccccc2Cl)cc1. The molecule has 2 aromatic rings. The molecule has 116 valence electrons. The summed E-state index contributed by atoms with van der Waals surface area (Å²) in [4.78, 5) is 11.7. The smallest absolute Gasteiger partial charge is 0.226 e. The van der Waals surface area contributed by atoms with Gasteiger partial charge >= 0.3 is 0 Å². The van der Waals surface area contributed by atoms with Gasteiger partial charge < -0.3 is 10.6 Å². The normalized spacial score (nSPS) is 12.0. The molecular weight excluding hydrogens is 296 g/mol. The maximum atomic E-state index is 11.7. The predicted molar refractivity (Wildman–Crippen MR) is 93.4 cm³/mol. The van der Waals surface area contributed by atoms with Crippen molar-refractivity contribution in [3.8, 4) is 0 Å². The second kappa shape index (κ2) is 7.32. The Kier molecular flexibility index (Phi) is 5.45. The fourth-order valence-electron chi connectivity index (χ4n) is 2.09. The van der Waals surface area contributed by atoms with Crippen molar-refractivity contribution in [1.29, 1.82) is 0 Å². The molecule has 0 saturated carbocycles. The van der Waals surface area contributed by atoms with Crippen LogP contribution in [0.15, 0.2) is 48.5 Å². The van der Waals surface area contributed by atoms with Gasteiger partial charge in [-0.1, -0.05) is 43.6 Å². The molecule has 22 heavy (non-hydrogen) atoms. The Balaban J connectivity index is 2.02. The summed E-state index contributed by atoms with van der Waals surface area (Å²) in [6.07, 6.45) is 0. The van der Waals surface area contributed by atoms with Crippen molar-refractivity contribution in [2.45, 2.75) is 26.8 Å². The maximum Gasteiger partial charge on any atom is 0.226 e. The lowest BCUT2D eigenvalue weighted by atomic mass is 10.1. The summed E-state index contributed by atoms with van der Waals surface area (Å²) >= 11 is 6.21. The van der Waals surface area contributed by atoms with Crippen molar-refractivity contribution < 1.29 is 4.79 Å². The highest BCUT2D eigenvalue weighted by Gasteiger charge is 2.10. The van der Waals surface area contributed by atoms with E-state index in [1.807, 2.05) is 62.4 Å². The Morgan fingerprint density at radius 1 is 0.955 bits per heavy atom. The van der Waals surface area contributed by atoms with E-state index in [0.717, 1.165) is 22.0 Å². The molecule has 2 aromatic carbocycles.